The Morgan fingerprint density at radius 3 is 0.333 bits per heavy atom. The zero-order valence-electron chi connectivity index (χ0n) is 6.75. The van der Waals surface area contributed by atoms with E-state index in [9.17, 15) is 0 Å². The van der Waals surface area contributed by atoms with E-state index in [1.165, 1.54) is 0 Å². The maximum absolute atomic E-state index is 8.48. The molecule has 0 saturated carbocycles. The zero-order chi connectivity index (χ0) is 10.7. The van der Waals surface area contributed by atoms with Crippen LogP contribution in [-0.2, 0) is 0 Å². The van der Waals surface area contributed by atoms with Gasteiger partial charge in [-0.25, -0.2) is 0 Å². The van der Waals surface area contributed by atoms with Crippen molar-refractivity contribution in [1.82, 2.24) is 0 Å². The Kier molecular flexibility index (Phi) is 72.0. The molecule has 15 heavy (non-hydrogen) atoms. The van der Waals surface area contributed by atoms with Gasteiger partial charge in [-0.05, 0) is 0 Å². The maximum atomic E-state index is 8.48. The number of rotatable bonds is 0. The van der Waals surface area contributed by atoms with Crippen molar-refractivity contribution >= 4 is 77.9 Å². The van der Waals surface area contributed by atoms with E-state index < -0.39 is 25.8 Å². The normalized spacial score (nSPS) is 7.20. The van der Waals surface area contributed by atoms with Gasteiger partial charge in [-0.1, -0.05) is 0 Å². The van der Waals surface area contributed by atoms with Crippen LogP contribution in [0, 0.1) is 0 Å². The van der Waals surface area contributed by atoms with Crippen molar-refractivity contribution in [2.45, 2.75) is 0 Å². The van der Waals surface area contributed by atoms with Crippen LogP contribution in [-0.4, -0.2) is 52.1 Å². The summed E-state index contributed by atoms with van der Waals surface area (Å²) in [5.74, 6) is 0. The average Bonchev–Trinajstić information content (AvgIpc) is 1.54. The molecule has 0 amide bonds. The molecule has 0 bridgehead atoms. The Hall–Kier alpha value is 2.53. The molecule has 0 N–H and O–H groups in total. The summed E-state index contributed by atoms with van der Waals surface area (Å²) in [6.07, 6.45) is 0. The molecule has 0 spiro atoms. The van der Waals surface area contributed by atoms with Crippen LogP contribution < -0.4 is 44.0 Å². The monoisotopic (exact) mass is 318 g/mol. The summed E-state index contributed by atoms with van der Waals surface area (Å²) in [4.78, 5) is 76.3. The minimum absolute atomic E-state index is 0. The molecule has 0 atom stereocenters. The van der Waals surface area contributed by atoms with E-state index in [1.807, 2.05) is 0 Å². The Morgan fingerprint density at radius 2 is 0.333 bits per heavy atom. The first kappa shape index (κ1) is 36.0. The predicted molar refractivity (Wildman–Crippen MR) is 38.0 cm³/mol. The molecule has 0 aliphatic carbocycles. The molecule has 0 aliphatic rings. The van der Waals surface area contributed by atoms with Crippen LogP contribution in [0.2, 0.25) is 0 Å². The van der Waals surface area contributed by atoms with Crippen molar-refractivity contribution < 1.29 is 44.0 Å². The second kappa shape index (κ2) is 30.0. The van der Waals surface area contributed by atoms with Crippen LogP contribution >= 0.6 is 25.8 Å². The molecule has 15 heteroatoms. The summed E-state index contributed by atoms with van der Waals surface area (Å²) in [7, 11) is -10.1. The van der Waals surface area contributed by atoms with Gasteiger partial charge in [0.05, 0.1) is 0 Å². The first-order valence-electron chi connectivity index (χ1n) is 1.64. The molecule has 78 valence electrons. The summed E-state index contributed by atoms with van der Waals surface area (Å²) in [6, 6.07) is 0. The maximum Gasteiger partial charge on any atom is 3.00 e. The van der Waals surface area contributed by atoms with E-state index in [4.69, 9.17) is 44.0 Å². The Balaban J connectivity index is -0.0000000184. The van der Waals surface area contributed by atoms with Gasteiger partial charge in [-0.2, -0.15) is 0 Å². The standard InChI is InChI=1S/3Al.3O3P/c;;;3*1-4(2)3/q3*+3;3*-3. The third-order valence-electron chi connectivity index (χ3n) is 0. The molecular formula is Al3O9P3. The van der Waals surface area contributed by atoms with Crippen LogP contribution in [0.4, 0.5) is 0 Å². The SMILES string of the molecule is [Al+3].[Al+3].[Al+3].[O-]P([O-])[O-].[O-]P([O-])[O-].[O-]P([O-])[O-]. The molecule has 0 aromatic heterocycles. The molecule has 0 aromatic carbocycles. The smallest absolute Gasteiger partial charge is 0.854 e. The van der Waals surface area contributed by atoms with E-state index in [0.717, 1.165) is 0 Å². The van der Waals surface area contributed by atoms with Gasteiger partial charge < -0.3 is 69.8 Å². The van der Waals surface area contributed by atoms with Crippen molar-refractivity contribution in [1.29, 1.82) is 0 Å². The van der Waals surface area contributed by atoms with E-state index in [2.05, 4.69) is 0 Å². The molecule has 0 aliphatic heterocycles. The molecular weight excluding hydrogens is 318 g/mol. The summed E-state index contributed by atoms with van der Waals surface area (Å²) in [5.41, 5.74) is 0. The van der Waals surface area contributed by atoms with E-state index >= 15 is 0 Å². The van der Waals surface area contributed by atoms with Crippen molar-refractivity contribution in [2.24, 2.45) is 0 Å². The fourth-order valence-corrected chi connectivity index (χ4v) is 0. The molecule has 0 radical (unpaired) electrons. The first-order chi connectivity index (χ1) is 5.20. The molecule has 0 rings (SSSR count). The Bertz CT molecular complexity index is 49.1. The van der Waals surface area contributed by atoms with Gasteiger partial charge >= 0.3 is 52.1 Å². The fourth-order valence-electron chi connectivity index (χ4n) is 0. The topological polar surface area (TPSA) is 208 Å². The fraction of sp³-hybridized carbons (Fsp3) is 0. The summed E-state index contributed by atoms with van der Waals surface area (Å²) in [5, 5.41) is 0. The van der Waals surface area contributed by atoms with Gasteiger partial charge in [0, 0.05) is 0 Å². The van der Waals surface area contributed by atoms with Gasteiger partial charge in [0.1, 0.15) is 0 Å². The van der Waals surface area contributed by atoms with Crippen LogP contribution in [0.15, 0.2) is 0 Å². The summed E-state index contributed by atoms with van der Waals surface area (Å²) in [6.45, 7) is 0. The third-order valence-corrected chi connectivity index (χ3v) is 0. The number of hydrogen-bond acceptors (Lipinski definition) is 9. The zero-order valence-corrected chi connectivity index (χ0v) is 12.9. The predicted octanol–water partition coefficient (Wildman–Crippen LogP) is -9.26. The van der Waals surface area contributed by atoms with E-state index in [1.54, 1.807) is 0 Å². The van der Waals surface area contributed by atoms with Crippen molar-refractivity contribution in [3.8, 4) is 0 Å². The van der Waals surface area contributed by atoms with E-state index in [0.29, 0.717) is 0 Å². The molecule has 0 unspecified atom stereocenters. The molecule has 0 saturated heterocycles. The molecule has 0 fully saturated rings. The third kappa shape index (κ3) is 546. The first-order valence-corrected chi connectivity index (χ1v) is 4.93. The number of hydrogen-bond donors (Lipinski definition) is 0. The largest absolute Gasteiger partial charge is 3.00 e. The van der Waals surface area contributed by atoms with Crippen molar-refractivity contribution in [2.75, 3.05) is 0 Å². The Labute approximate surface area is 121 Å². The minimum atomic E-state index is -3.37. The molecule has 0 heterocycles. The van der Waals surface area contributed by atoms with Crippen LogP contribution in [0.3, 0.4) is 0 Å². The summed E-state index contributed by atoms with van der Waals surface area (Å²) < 4.78 is 0. The van der Waals surface area contributed by atoms with Crippen LogP contribution in [0.1, 0.15) is 0 Å². The van der Waals surface area contributed by atoms with Crippen LogP contribution in [0.25, 0.3) is 0 Å². The Morgan fingerprint density at radius 1 is 0.333 bits per heavy atom. The van der Waals surface area contributed by atoms with Crippen LogP contribution in [0.5, 0.6) is 0 Å². The van der Waals surface area contributed by atoms with Crippen molar-refractivity contribution in [3.05, 3.63) is 0 Å². The minimum Gasteiger partial charge on any atom is -0.854 e. The van der Waals surface area contributed by atoms with Gasteiger partial charge in [-0.3, -0.25) is 0 Å². The molecule has 0 aromatic rings. The summed E-state index contributed by atoms with van der Waals surface area (Å²) >= 11 is 0. The van der Waals surface area contributed by atoms with Gasteiger partial charge in [0.2, 0.25) is 0 Å². The quantitative estimate of drug-likeness (QED) is 0.306. The van der Waals surface area contributed by atoms with Gasteiger partial charge in [-0.15, -0.1) is 0 Å². The van der Waals surface area contributed by atoms with E-state index in [-0.39, 0.29) is 52.1 Å². The second-order valence-electron chi connectivity index (χ2n) is 0.671. The van der Waals surface area contributed by atoms with Gasteiger partial charge in [0.25, 0.3) is 0 Å². The molecule has 9 nitrogen and oxygen atoms in total. The average molecular weight is 318 g/mol. The van der Waals surface area contributed by atoms with Gasteiger partial charge in [0.15, 0.2) is 0 Å². The van der Waals surface area contributed by atoms with Crippen molar-refractivity contribution in [3.63, 3.8) is 0 Å². The second-order valence-corrected chi connectivity index (χ2v) is 2.01.